The van der Waals surface area contributed by atoms with Gasteiger partial charge in [-0.1, -0.05) is 19.8 Å². The van der Waals surface area contributed by atoms with Crippen LogP contribution in [0.15, 0.2) is 0 Å². The molecule has 0 aromatic rings. The topological polar surface area (TPSA) is 47.6 Å². The molecule has 1 unspecified atom stereocenters. The number of amides is 1. The maximum Gasteiger partial charge on any atom is 0.219 e. The predicted octanol–water partition coefficient (Wildman–Crippen LogP) is 2.27. The van der Waals surface area contributed by atoms with Gasteiger partial charge in [-0.2, -0.15) is 0 Å². The fraction of sp³-hybridized carbons (Fsp3) is 0.929. The van der Waals surface area contributed by atoms with Crippen molar-refractivity contribution in [2.75, 3.05) is 26.4 Å². The number of nitrogens with one attached hydrogen (secondary N) is 1. The van der Waals surface area contributed by atoms with Crippen molar-refractivity contribution in [2.24, 2.45) is 0 Å². The third-order valence-electron chi connectivity index (χ3n) is 3.12. The molecule has 0 radical (unpaired) electrons. The highest BCUT2D eigenvalue weighted by atomic mass is 16.5. The van der Waals surface area contributed by atoms with E-state index in [1.54, 1.807) is 0 Å². The Morgan fingerprint density at radius 2 is 2.28 bits per heavy atom. The second-order valence-corrected chi connectivity index (χ2v) is 4.87. The van der Waals surface area contributed by atoms with E-state index in [4.69, 9.17) is 9.47 Å². The van der Waals surface area contributed by atoms with Crippen LogP contribution in [0, 0.1) is 0 Å². The molecule has 1 fully saturated rings. The van der Waals surface area contributed by atoms with E-state index >= 15 is 0 Å². The van der Waals surface area contributed by atoms with Gasteiger partial charge in [-0.15, -0.1) is 0 Å². The molecule has 1 aliphatic rings. The van der Waals surface area contributed by atoms with Crippen molar-refractivity contribution in [3.8, 4) is 0 Å². The predicted molar refractivity (Wildman–Crippen MR) is 71.6 cm³/mol. The first kappa shape index (κ1) is 15.4. The lowest BCUT2D eigenvalue weighted by Crippen LogP contribution is -2.25. The van der Waals surface area contributed by atoms with E-state index in [1.807, 2.05) is 0 Å². The van der Waals surface area contributed by atoms with Crippen molar-refractivity contribution in [3.05, 3.63) is 0 Å². The molecular weight excluding hydrogens is 230 g/mol. The first-order chi connectivity index (χ1) is 8.83. The van der Waals surface area contributed by atoms with Crippen molar-refractivity contribution in [2.45, 2.75) is 58.0 Å². The first-order valence-corrected chi connectivity index (χ1v) is 7.29. The lowest BCUT2D eigenvalue weighted by Gasteiger charge is -2.10. The minimum Gasteiger partial charge on any atom is -0.379 e. The average molecular weight is 257 g/mol. The van der Waals surface area contributed by atoms with Crippen molar-refractivity contribution in [1.29, 1.82) is 0 Å². The van der Waals surface area contributed by atoms with Gasteiger partial charge in [0, 0.05) is 26.2 Å². The van der Waals surface area contributed by atoms with Crippen LogP contribution in [0.2, 0.25) is 0 Å². The Morgan fingerprint density at radius 1 is 1.39 bits per heavy atom. The van der Waals surface area contributed by atoms with Crippen LogP contribution in [-0.2, 0) is 14.3 Å². The third-order valence-corrected chi connectivity index (χ3v) is 3.12. The van der Waals surface area contributed by atoms with Gasteiger partial charge in [0.1, 0.15) is 0 Å². The molecule has 1 amide bonds. The van der Waals surface area contributed by atoms with E-state index in [2.05, 4.69) is 12.2 Å². The quantitative estimate of drug-likeness (QED) is 0.611. The molecule has 0 spiro atoms. The molecule has 1 aliphatic heterocycles. The number of hydrogen-bond donors (Lipinski definition) is 1. The van der Waals surface area contributed by atoms with Crippen molar-refractivity contribution in [1.82, 2.24) is 5.32 Å². The maximum absolute atomic E-state index is 11.4. The highest BCUT2D eigenvalue weighted by molar-refractivity contribution is 5.75. The maximum atomic E-state index is 11.4. The van der Waals surface area contributed by atoms with Crippen LogP contribution in [0.25, 0.3) is 0 Å². The number of hydrogen-bond acceptors (Lipinski definition) is 3. The third kappa shape index (κ3) is 7.67. The summed E-state index contributed by atoms with van der Waals surface area (Å²) in [5.74, 6) is 0.169. The van der Waals surface area contributed by atoms with Crippen LogP contribution in [0.4, 0.5) is 0 Å². The van der Waals surface area contributed by atoms with Gasteiger partial charge >= 0.3 is 0 Å². The second kappa shape index (κ2) is 10.3. The Hall–Kier alpha value is -0.610. The smallest absolute Gasteiger partial charge is 0.219 e. The number of unbranched alkanes of at least 4 members (excludes halogenated alkanes) is 2. The largest absolute Gasteiger partial charge is 0.379 e. The molecule has 0 aromatic carbocycles. The van der Waals surface area contributed by atoms with E-state index in [0.29, 0.717) is 25.7 Å². The molecule has 1 N–H and O–H groups in total. The molecule has 18 heavy (non-hydrogen) atoms. The Kier molecular flexibility index (Phi) is 8.86. The minimum atomic E-state index is 0.169. The van der Waals surface area contributed by atoms with Gasteiger partial charge in [0.2, 0.25) is 5.91 Å². The minimum absolute atomic E-state index is 0.169. The summed E-state index contributed by atoms with van der Waals surface area (Å²) in [6.45, 7) is 5.14. The number of ether oxygens (including phenoxy) is 2. The van der Waals surface area contributed by atoms with Gasteiger partial charge in [0.25, 0.3) is 0 Å². The Labute approximate surface area is 110 Å². The molecule has 1 rings (SSSR count). The standard InChI is InChI=1S/C14H27NO3/c1-2-3-4-8-14(16)15-9-6-10-17-12-13-7-5-11-18-13/h13H,2-12H2,1H3,(H,15,16). The highest BCUT2D eigenvalue weighted by Gasteiger charge is 2.14. The summed E-state index contributed by atoms with van der Waals surface area (Å²) >= 11 is 0. The number of rotatable bonds is 10. The van der Waals surface area contributed by atoms with Gasteiger partial charge < -0.3 is 14.8 Å². The van der Waals surface area contributed by atoms with Gasteiger partial charge in [-0.3, -0.25) is 4.79 Å². The molecule has 0 bridgehead atoms. The summed E-state index contributed by atoms with van der Waals surface area (Å²) in [4.78, 5) is 11.4. The Morgan fingerprint density at radius 3 is 3.00 bits per heavy atom. The zero-order valence-corrected chi connectivity index (χ0v) is 11.6. The summed E-state index contributed by atoms with van der Waals surface area (Å²) in [6.07, 6.45) is 7.40. The molecule has 1 heterocycles. The summed E-state index contributed by atoms with van der Waals surface area (Å²) in [7, 11) is 0. The molecule has 4 heteroatoms. The first-order valence-electron chi connectivity index (χ1n) is 7.29. The molecule has 4 nitrogen and oxygen atoms in total. The molecule has 0 saturated carbocycles. The summed E-state index contributed by atoms with van der Waals surface area (Å²) < 4.78 is 11.0. The number of carbonyl (C=O) groups is 1. The van der Waals surface area contributed by atoms with E-state index in [9.17, 15) is 4.79 Å². The zero-order valence-electron chi connectivity index (χ0n) is 11.6. The Balaban J connectivity index is 1.81. The summed E-state index contributed by atoms with van der Waals surface area (Å²) in [6, 6.07) is 0. The van der Waals surface area contributed by atoms with E-state index in [-0.39, 0.29) is 5.91 Å². The lowest BCUT2D eigenvalue weighted by atomic mass is 10.2. The molecular formula is C14H27NO3. The normalized spacial score (nSPS) is 19.1. The zero-order chi connectivity index (χ0) is 13.1. The van der Waals surface area contributed by atoms with Crippen LogP contribution >= 0.6 is 0 Å². The summed E-state index contributed by atoms with van der Waals surface area (Å²) in [5, 5.41) is 2.92. The Bertz CT molecular complexity index is 215. The van der Waals surface area contributed by atoms with Crippen LogP contribution in [0.5, 0.6) is 0 Å². The molecule has 1 saturated heterocycles. The molecule has 1 atom stereocenters. The van der Waals surface area contributed by atoms with Gasteiger partial charge in [0.15, 0.2) is 0 Å². The highest BCUT2D eigenvalue weighted by Crippen LogP contribution is 2.11. The summed E-state index contributed by atoms with van der Waals surface area (Å²) in [5.41, 5.74) is 0. The SMILES string of the molecule is CCCCCC(=O)NCCCOCC1CCCO1. The van der Waals surface area contributed by atoms with Gasteiger partial charge in [-0.25, -0.2) is 0 Å². The van der Waals surface area contributed by atoms with E-state index in [1.165, 1.54) is 0 Å². The molecule has 0 aliphatic carbocycles. The van der Waals surface area contributed by atoms with E-state index < -0.39 is 0 Å². The van der Waals surface area contributed by atoms with Crippen molar-refractivity contribution < 1.29 is 14.3 Å². The fourth-order valence-corrected chi connectivity index (χ4v) is 2.02. The van der Waals surface area contributed by atoms with Crippen LogP contribution in [0.1, 0.15) is 51.9 Å². The second-order valence-electron chi connectivity index (χ2n) is 4.87. The van der Waals surface area contributed by atoms with Crippen LogP contribution in [0.3, 0.4) is 0 Å². The molecule has 106 valence electrons. The monoisotopic (exact) mass is 257 g/mol. The van der Waals surface area contributed by atoms with Crippen molar-refractivity contribution in [3.63, 3.8) is 0 Å². The lowest BCUT2D eigenvalue weighted by molar-refractivity contribution is -0.121. The van der Waals surface area contributed by atoms with Crippen LogP contribution < -0.4 is 5.32 Å². The number of carbonyl (C=O) groups excluding carboxylic acids is 1. The van der Waals surface area contributed by atoms with Crippen molar-refractivity contribution >= 4 is 5.91 Å². The fourth-order valence-electron chi connectivity index (χ4n) is 2.02. The van der Waals surface area contributed by atoms with Gasteiger partial charge in [-0.05, 0) is 25.7 Å². The average Bonchev–Trinajstić information content (AvgIpc) is 2.87. The molecule has 0 aromatic heterocycles. The van der Waals surface area contributed by atoms with E-state index in [0.717, 1.165) is 51.7 Å². The van der Waals surface area contributed by atoms with Crippen LogP contribution in [-0.4, -0.2) is 38.4 Å². The van der Waals surface area contributed by atoms with Gasteiger partial charge in [0.05, 0.1) is 12.7 Å².